The molecule has 0 aromatic rings. The van der Waals surface area contributed by atoms with Crippen LogP contribution in [0.5, 0.6) is 0 Å². The van der Waals surface area contributed by atoms with Gasteiger partial charge in [-0.2, -0.15) is 0 Å². The molecule has 3 nitrogen and oxygen atoms in total. The van der Waals surface area contributed by atoms with Crippen molar-refractivity contribution >= 4 is 5.97 Å². The smallest absolute Gasteiger partial charge is 0.323 e. The molecule has 2 atom stereocenters. The number of esters is 1. The summed E-state index contributed by atoms with van der Waals surface area (Å²) in [6.45, 7) is 6.46. The molecule has 1 rings (SSSR count). The molecule has 3 heteroatoms. The number of likely N-dealkylation sites (tertiary alicyclic amines) is 1. The van der Waals surface area contributed by atoms with Crippen LogP contribution >= 0.6 is 0 Å². The SMILES string of the molecule is CCC(C)CN1CCC1C(=O)OC. The summed E-state index contributed by atoms with van der Waals surface area (Å²) in [6.07, 6.45) is 2.13. The molecule has 1 saturated heterocycles. The Morgan fingerprint density at radius 2 is 2.38 bits per heavy atom. The minimum atomic E-state index is -0.0745. The molecular weight excluding hydrogens is 166 g/mol. The Kier molecular flexibility index (Phi) is 3.72. The van der Waals surface area contributed by atoms with Crippen LogP contribution in [0, 0.1) is 5.92 Å². The van der Waals surface area contributed by atoms with Crippen LogP contribution in [0.4, 0.5) is 0 Å². The van der Waals surface area contributed by atoms with Crippen molar-refractivity contribution in [2.45, 2.75) is 32.7 Å². The normalized spacial score (nSPS) is 25.0. The number of hydrogen-bond donors (Lipinski definition) is 0. The van der Waals surface area contributed by atoms with Crippen LogP contribution in [-0.2, 0) is 9.53 Å². The van der Waals surface area contributed by atoms with Gasteiger partial charge in [-0.25, -0.2) is 0 Å². The van der Waals surface area contributed by atoms with E-state index in [1.165, 1.54) is 13.5 Å². The summed E-state index contributed by atoms with van der Waals surface area (Å²) in [6, 6.07) is 0.0407. The molecule has 0 aromatic heterocycles. The van der Waals surface area contributed by atoms with E-state index in [0.717, 1.165) is 19.5 Å². The molecular formula is C10H19NO2. The fraction of sp³-hybridized carbons (Fsp3) is 0.900. The Balaban J connectivity index is 2.32. The van der Waals surface area contributed by atoms with E-state index in [9.17, 15) is 4.79 Å². The standard InChI is InChI=1S/C10H19NO2/c1-4-8(2)7-11-6-5-9(11)10(12)13-3/h8-9H,4-7H2,1-3H3. The first-order valence-corrected chi connectivity index (χ1v) is 5.01. The molecule has 76 valence electrons. The summed E-state index contributed by atoms with van der Waals surface area (Å²) in [5.74, 6) is 0.599. The van der Waals surface area contributed by atoms with Crippen LogP contribution in [-0.4, -0.2) is 37.1 Å². The molecule has 0 aliphatic carbocycles. The maximum absolute atomic E-state index is 11.2. The van der Waals surface area contributed by atoms with Crippen molar-refractivity contribution in [3.8, 4) is 0 Å². The average molecular weight is 185 g/mol. The zero-order valence-corrected chi connectivity index (χ0v) is 8.75. The quantitative estimate of drug-likeness (QED) is 0.618. The highest BCUT2D eigenvalue weighted by atomic mass is 16.5. The molecule has 13 heavy (non-hydrogen) atoms. The predicted octanol–water partition coefficient (Wildman–Crippen LogP) is 1.28. The van der Waals surface area contributed by atoms with Gasteiger partial charge in [0.1, 0.15) is 6.04 Å². The Labute approximate surface area is 80.1 Å². The van der Waals surface area contributed by atoms with Gasteiger partial charge < -0.3 is 4.74 Å². The van der Waals surface area contributed by atoms with Crippen LogP contribution in [0.3, 0.4) is 0 Å². The summed E-state index contributed by atoms with van der Waals surface area (Å²) < 4.78 is 4.72. The third-order valence-corrected chi connectivity index (χ3v) is 2.85. The van der Waals surface area contributed by atoms with Crippen LogP contribution in [0.25, 0.3) is 0 Å². The Morgan fingerprint density at radius 3 is 2.77 bits per heavy atom. The molecule has 0 bridgehead atoms. The van der Waals surface area contributed by atoms with E-state index in [1.54, 1.807) is 0 Å². The summed E-state index contributed by atoms with van der Waals surface area (Å²) in [4.78, 5) is 13.4. The Morgan fingerprint density at radius 1 is 1.69 bits per heavy atom. The van der Waals surface area contributed by atoms with Crippen molar-refractivity contribution in [1.29, 1.82) is 0 Å². The van der Waals surface area contributed by atoms with Gasteiger partial charge in [0, 0.05) is 13.1 Å². The summed E-state index contributed by atoms with van der Waals surface area (Å²) >= 11 is 0. The topological polar surface area (TPSA) is 29.5 Å². The lowest BCUT2D eigenvalue weighted by Crippen LogP contribution is -2.54. The second-order valence-corrected chi connectivity index (χ2v) is 3.84. The third-order valence-electron chi connectivity index (χ3n) is 2.85. The molecule has 0 aromatic carbocycles. The van der Waals surface area contributed by atoms with Gasteiger partial charge >= 0.3 is 5.97 Å². The number of ether oxygens (including phenoxy) is 1. The predicted molar refractivity (Wildman–Crippen MR) is 51.4 cm³/mol. The summed E-state index contributed by atoms with van der Waals surface area (Å²) in [5.41, 5.74) is 0. The number of hydrogen-bond acceptors (Lipinski definition) is 3. The lowest BCUT2D eigenvalue weighted by molar-refractivity contribution is -0.152. The Bertz CT molecular complexity index is 182. The van der Waals surface area contributed by atoms with E-state index in [2.05, 4.69) is 18.7 Å². The molecule has 0 amide bonds. The van der Waals surface area contributed by atoms with Gasteiger partial charge in [-0.3, -0.25) is 9.69 Å². The van der Waals surface area contributed by atoms with E-state index in [-0.39, 0.29) is 12.0 Å². The maximum atomic E-state index is 11.2. The zero-order valence-electron chi connectivity index (χ0n) is 8.75. The van der Waals surface area contributed by atoms with Crippen molar-refractivity contribution < 1.29 is 9.53 Å². The number of methoxy groups -OCH3 is 1. The van der Waals surface area contributed by atoms with Crippen molar-refractivity contribution in [3.63, 3.8) is 0 Å². The molecule has 0 saturated carbocycles. The number of carbonyl (C=O) groups excluding carboxylic acids is 1. The van der Waals surface area contributed by atoms with Crippen LogP contribution in [0.15, 0.2) is 0 Å². The second kappa shape index (κ2) is 4.61. The second-order valence-electron chi connectivity index (χ2n) is 3.84. The van der Waals surface area contributed by atoms with Crippen molar-refractivity contribution in [2.75, 3.05) is 20.2 Å². The van der Waals surface area contributed by atoms with Crippen molar-refractivity contribution in [1.82, 2.24) is 4.90 Å². The molecule has 0 N–H and O–H groups in total. The minimum Gasteiger partial charge on any atom is -0.468 e. The lowest BCUT2D eigenvalue weighted by atomic mass is 9.99. The van der Waals surface area contributed by atoms with E-state index in [0.29, 0.717) is 5.92 Å². The largest absolute Gasteiger partial charge is 0.468 e. The first-order valence-electron chi connectivity index (χ1n) is 5.01. The van der Waals surface area contributed by atoms with E-state index >= 15 is 0 Å². The van der Waals surface area contributed by atoms with Crippen LogP contribution < -0.4 is 0 Å². The highest BCUT2D eigenvalue weighted by molar-refractivity contribution is 5.76. The molecule has 0 radical (unpaired) electrons. The first kappa shape index (κ1) is 10.5. The fourth-order valence-electron chi connectivity index (χ4n) is 1.59. The van der Waals surface area contributed by atoms with Gasteiger partial charge in [0.05, 0.1) is 7.11 Å². The molecule has 1 aliphatic rings. The van der Waals surface area contributed by atoms with Gasteiger partial charge in [-0.1, -0.05) is 20.3 Å². The van der Waals surface area contributed by atoms with Crippen molar-refractivity contribution in [3.05, 3.63) is 0 Å². The van der Waals surface area contributed by atoms with Crippen molar-refractivity contribution in [2.24, 2.45) is 5.92 Å². The average Bonchev–Trinajstić information content (AvgIpc) is 2.11. The van der Waals surface area contributed by atoms with Gasteiger partial charge in [-0.15, -0.1) is 0 Å². The number of nitrogens with zero attached hydrogens (tertiary/aromatic N) is 1. The molecule has 1 aliphatic heterocycles. The maximum Gasteiger partial charge on any atom is 0.323 e. The monoisotopic (exact) mass is 185 g/mol. The molecule has 2 unspecified atom stereocenters. The van der Waals surface area contributed by atoms with E-state index in [1.807, 2.05) is 0 Å². The fourth-order valence-corrected chi connectivity index (χ4v) is 1.59. The highest BCUT2D eigenvalue weighted by Gasteiger charge is 2.34. The minimum absolute atomic E-state index is 0.0407. The number of rotatable bonds is 4. The highest BCUT2D eigenvalue weighted by Crippen LogP contribution is 2.20. The van der Waals surface area contributed by atoms with E-state index in [4.69, 9.17) is 4.74 Å². The first-order chi connectivity index (χ1) is 6.19. The molecule has 0 spiro atoms. The third kappa shape index (κ3) is 2.44. The molecule has 1 heterocycles. The molecule has 1 fully saturated rings. The Hall–Kier alpha value is -0.570. The zero-order chi connectivity index (χ0) is 9.84. The number of carbonyl (C=O) groups is 1. The summed E-state index contributed by atoms with van der Waals surface area (Å²) in [5, 5.41) is 0. The van der Waals surface area contributed by atoms with Crippen LogP contribution in [0.1, 0.15) is 26.7 Å². The van der Waals surface area contributed by atoms with E-state index < -0.39 is 0 Å². The van der Waals surface area contributed by atoms with Gasteiger partial charge in [0.15, 0.2) is 0 Å². The lowest BCUT2D eigenvalue weighted by Gasteiger charge is -2.40. The van der Waals surface area contributed by atoms with Gasteiger partial charge in [0.2, 0.25) is 0 Å². The van der Waals surface area contributed by atoms with Crippen LogP contribution in [0.2, 0.25) is 0 Å². The van der Waals surface area contributed by atoms with Gasteiger partial charge in [0.25, 0.3) is 0 Å². The summed E-state index contributed by atoms with van der Waals surface area (Å²) in [7, 11) is 1.46. The van der Waals surface area contributed by atoms with Gasteiger partial charge in [-0.05, 0) is 12.3 Å².